The second-order valence-corrected chi connectivity index (χ2v) is 7.51. The van der Waals surface area contributed by atoms with E-state index in [9.17, 15) is 4.79 Å². The average molecular weight is 447 g/mol. The molecule has 4 rings (SSSR count). The van der Waals surface area contributed by atoms with Crippen molar-refractivity contribution in [3.8, 4) is 22.8 Å². The molecule has 1 aromatic heterocycles. The van der Waals surface area contributed by atoms with Gasteiger partial charge in [-0.15, -0.1) is 11.3 Å². The molecule has 6 nitrogen and oxygen atoms in total. The monoisotopic (exact) mass is 446 g/mol. The molecular weight excluding hydrogens is 432 g/mol. The topological polar surface area (TPSA) is 69.7 Å². The Bertz CT molecular complexity index is 1000. The summed E-state index contributed by atoms with van der Waals surface area (Å²) >= 11 is 4.87. The summed E-state index contributed by atoms with van der Waals surface area (Å²) in [5.41, 5.74) is 2.93. The second-order valence-electron chi connectivity index (χ2n) is 5.74. The smallest absolute Gasteiger partial charge is 0.344 e. The van der Waals surface area contributed by atoms with E-state index in [1.165, 1.54) is 25.6 Å². The standard InChI is InChI=1S/C19H15BrN2O4S/c1-24-14-8-7-12-15(16(14)25-2)18(23)26-17(12)22-19-21-13(9-27-19)10-3-5-11(20)6-4-10/h3-9,17H,1-2H3,(H,21,22). The number of hydrogen-bond acceptors (Lipinski definition) is 7. The molecule has 0 fully saturated rings. The molecule has 0 aliphatic carbocycles. The molecule has 0 saturated carbocycles. The van der Waals surface area contributed by atoms with E-state index >= 15 is 0 Å². The largest absolute Gasteiger partial charge is 0.493 e. The summed E-state index contributed by atoms with van der Waals surface area (Å²) in [6.45, 7) is 0. The van der Waals surface area contributed by atoms with Crippen LogP contribution in [0.25, 0.3) is 11.3 Å². The number of nitrogens with zero attached hydrogens (tertiary/aromatic N) is 1. The number of esters is 1. The summed E-state index contributed by atoms with van der Waals surface area (Å²) in [7, 11) is 3.02. The highest BCUT2D eigenvalue weighted by molar-refractivity contribution is 9.10. The van der Waals surface area contributed by atoms with Crippen LogP contribution in [0.4, 0.5) is 5.13 Å². The minimum Gasteiger partial charge on any atom is -0.493 e. The number of halogens is 1. The highest BCUT2D eigenvalue weighted by atomic mass is 79.9. The van der Waals surface area contributed by atoms with Crippen LogP contribution in [0.3, 0.4) is 0 Å². The van der Waals surface area contributed by atoms with Gasteiger partial charge in [-0.3, -0.25) is 0 Å². The number of methoxy groups -OCH3 is 2. The Balaban J connectivity index is 1.61. The van der Waals surface area contributed by atoms with Gasteiger partial charge in [-0.2, -0.15) is 0 Å². The third-order valence-corrected chi connectivity index (χ3v) is 5.49. The van der Waals surface area contributed by atoms with Gasteiger partial charge in [0.2, 0.25) is 6.23 Å². The summed E-state index contributed by atoms with van der Waals surface area (Å²) < 4.78 is 17.1. The molecule has 0 amide bonds. The normalized spacial score (nSPS) is 15.2. The fraction of sp³-hybridized carbons (Fsp3) is 0.158. The first-order valence-electron chi connectivity index (χ1n) is 8.04. The van der Waals surface area contributed by atoms with Crippen molar-refractivity contribution in [2.45, 2.75) is 6.23 Å². The molecule has 0 saturated heterocycles. The predicted octanol–water partition coefficient (Wildman–Crippen LogP) is 4.87. The SMILES string of the molecule is COc1ccc2c(c1OC)C(=O)OC2Nc1nc(-c2ccc(Br)cc2)cs1. The first-order chi connectivity index (χ1) is 13.1. The lowest BCUT2D eigenvalue weighted by Crippen LogP contribution is -2.10. The maximum Gasteiger partial charge on any atom is 0.344 e. The average Bonchev–Trinajstić information content (AvgIpc) is 3.27. The van der Waals surface area contributed by atoms with E-state index in [-0.39, 0.29) is 0 Å². The van der Waals surface area contributed by atoms with Crippen LogP contribution >= 0.6 is 27.3 Å². The molecule has 2 heterocycles. The van der Waals surface area contributed by atoms with Crippen molar-refractivity contribution in [2.75, 3.05) is 19.5 Å². The maximum absolute atomic E-state index is 12.4. The molecule has 3 aromatic rings. The number of nitrogens with one attached hydrogen (secondary N) is 1. The molecule has 1 atom stereocenters. The number of thiazole rings is 1. The lowest BCUT2D eigenvalue weighted by molar-refractivity contribution is 0.0435. The van der Waals surface area contributed by atoms with Crippen molar-refractivity contribution in [1.29, 1.82) is 0 Å². The number of aromatic nitrogens is 1. The minimum absolute atomic E-state index is 0.374. The highest BCUT2D eigenvalue weighted by Crippen LogP contribution is 2.42. The zero-order valence-corrected chi connectivity index (χ0v) is 16.9. The van der Waals surface area contributed by atoms with Crippen LogP contribution in [0.15, 0.2) is 46.3 Å². The third kappa shape index (κ3) is 3.26. The zero-order chi connectivity index (χ0) is 19.0. The van der Waals surface area contributed by atoms with Gasteiger partial charge in [0.15, 0.2) is 16.6 Å². The van der Waals surface area contributed by atoms with Gasteiger partial charge < -0.3 is 19.5 Å². The van der Waals surface area contributed by atoms with Crippen molar-refractivity contribution in [3.63, 3.8) is 0 Å². The van der Waals surface area contributed by atoms with Crippen molar-refractivity contribution < 1.29 is 19.0 Å². The van der Waals surface area contributed by atoms with E-state index in [1.54, 1.807) is 12.1 Å². The lowest BCUT2D eigenvalue weighted by Gasteiger charge is -2.13. The summed E-state index contributed by atoms with van der Waals surface area (Å²) in [5.74, 6) is 0.405. The van der Waals surface area contributed by atoms with Gasteiger partial charge in [-0.05, 0) is 24.3 Å². The molecule has 1 unspecified atom stereocenters. The van der Waals surface area contributed by atoms with Crippen molar-refractivity contribution >= 4 is 38.4 Å². The lowest BCUT2D eigenvalue weighted by atomic mass is 10.1. The van der Waals surface area contributed by atoms with Gasteiger partial charge in [-0.1, -0.05) is 28.1 Å². The number of benzene rings is 2. The Hall–Kier alpha value is -2.58. The molecule has 2 aromatic carbocycles. The third-order valence-electron chi connectivity index (χ3n) is 4.19. The fourth-order valence-corrected chi connectivity index (χ4v) is 3.92. The highest BCUT2D eigenvalue weighted by Gasteiger charge is 2.36. The number of cyclic esters (lactones) is 1. The Morgan fingerprint density at radius 1 is 1.15 bits per heavy atom. The minimum atomic E-state index is -0.628. The van der Waals surface area contributed by atoms with Gasteiger partial charge in [0.25, 0.3) is 0 Å². The van der Waals surface area contributed by atoms with E-state index in [4.69, 9.17) is 14.2 Å². The van der Waals surface area contributed by atoms with E-state index in [0.717, 1.165) is 15.7 Å². The zero-order valence-electron chi connectivity index (χ0n) is 14.5. The number of hydrogen-bond donors (Lipinski definition) is 1. The van der Waals surface area contributed by atoms with Gasteiger partial charge in [0, 0.05) is 21.0 Å². The van der Waals surface area contributed by atoms with Crippen LogP contribution in [0.5, 0.6) is 11.5 Å². The quantitative estimate of drug-likeness (QED) is 0.563. The molecule has 0 spiro atoms. The maximum atomic E-state index is 12.4. The Morgan fingerprint density at radius 2 is 1.93 bits per heavy atom. The molecule has 0 radical (unpaired) electrons. The molecule has 8 heteroatoms. The van der Waals surface area contributed by atoms with Crippen molar-refractivity contribution in [3.05, 3.63) is 57.4 Å². The molecule has 1 aliphatic heterocycles. The van der Waals surface area contributed by atoms with Crippen molar-refractivity contribution in [1.82, 2.24) is 4.98 Å². The van der Waals surface area contributed by atoms with Gasteiger partial charge in [-0.25, -0.2) is 9.78 Å². The summed E-state index contributed by atoms with van der Waals surface area (Å²) in [6, 6.07) is 11.5. The molecular formula is C19H15BrN2O4S. The Morgan fingerprint density at radius 3 is 2.63 bits per heavy atom. The van der Waals surface area contributed by atoms with E-state index in [2.05, 4.69) is 26.2 Å². The van der Waals surface area contributed by atoms with Crippen LogP contribution in [0, 0.1) is 0 Å². The number of ether oxygens (including phenoxy) is 3. The number of anilines is 1. The number of carbonyl (C=O) groups is 1. The van der Waals surface area contributed by atoms with Crippen LogP contribution in [0.1, 0.15) is 22.1 Å². The number of rotatable bonds is 5. The molecule has 0 bridgehead atoms. The Kier molecular flexibility index (Phi) is 4.75. The predicted molar refractivity (Wildman–Crippen MR) is 107 cm³/mol. The van der Waals surface area contributed by atoms with Crippen LogP contribution in [0.2, 0.25) is 0 Å². The summed E-state index contributed by atoms with van der Waals surface area (Å²) in [6.07, 6.45) is -0.628. The van der Waals surface area contributed by atoms with Gasteiger partial charge in [0.1, 0.15) is 5.56 Å². The molecule has 1 aliphatic rings. The van der Waals surface area contributed by atoms with Crippen LogP contribution < -0.4 is 14.8 Å². The van der Waals surface area contributed by atoms with E-state index in [0.29, 0.717) is 27.8 Å². The molecule has 1 N–H and O–H groups in total. The van der Waals surface area contributed by atoms with Crippen LogP contribution in [-0.2, 0) is 4.74 Å². The first-order valence-corrected chi connectivity index (χ1v) is 9.72. The van der Waals surface area contributed by atoms with Gasteiger partial charge >= 0.3 is 5.97 Å². The number of fused-ring (bicyclic) bond motifs is 1. The van der Waals surface area contributed by atoms with E-state index < -0.39 is 12.2 Å². The second kappa shape index (κ2) is 7.21. The Labute approximate surface area is 168 Å². The summed E-state index contributed by atoms with van der Waals surface area (Å²) in [4.78, 5) is 16.9. The first kappa shape index (κ1) is 17.8. The van der Waals surface area contributed by atoms with E-state index in [1.807, 2.05) is 29.6 Å². The van der Waals surface area contributed by atoms with Crippen molar-refractivity contribution in [2.24, 2.45) is 0 Å². The summed E-state index contributed by atoms with van der Waals surface area (Å²) in [5, 5.41) is 5.79. The number of carbonyl (C=O) groups excluding carboxylic acids is 1. The van der Waals surface area contributed by atoms with Crippen LogP contribution in [-0.4, -0.2) is 25.2 Å². The fourth-order valence-electron chi connectivity index (χ4n) is 2.91. The molecule has 27 heavy (non-hydrogen) atoms. The van der Waals surface area contributed by atoms with Gasteiger partial charge in [0.05, 0.1) is 19.9 Å². The molecule has 138 valence electrons.